The van der Waals surface area contributed by atoms with Crippen LogP contribution in [0, 0.1) is 0 Å². The lowest BCUT2D eigenvalue weighted by Gasteiger charge is -2.09. The molecule has 0 bridgehead atoms. The standard InChI is InChI=1S/C11H16N2O5/c1-17-6-7-18-11(16)10(13-9-15)4-2-3-5-12-8-14/h10H,2-7H2,1H3. The molecule has 0 radical (unpaired) electrons. The normalized spacial score (nSPS) is 10.9. The lowest BCUT2D eigenvalue weighted by molar-refractivity contribution is -0.146. The zero-order chi connectivity index (χ0) is 13.6. The molecule has 0 saturated heterocycles. The summed E-state index contributed by atoms with van der Waals surface area (Å²) in [4.78, 5) is 38.3. The van der Waals surface area contributed by atoms with E-state index in [0.29, 0.717) is 25.8 Å². The maximum absolute atomic E-state index is 11.5. The van der Waals surface area contributed by atoms with E-state index in [0.717, 1.165) is 0 Å². The summed E-state index contributed by atoms with van der Waals surface area (Å²) in [5.74, 6) is -0.575. The third-order valence-electron chi connectivity index (χ3n) is 2.07. The highest BCUT2D eigenvalue weighted by Gasteiger charge is 2.18. The Kier molecular flexibility index (Phi) is 10.5. The van der Waals surface area contributed by atoms with Crippen molar-refractivity contribution >= 4 is 18.1 Å². The van der Waals surface area contributed by atoms with Crippen molar-refractivity contribution in [2.24, 2.45) is 9.98 Å². The Labute approximate surface area is 105 Å². The smallest absolute Gasteiger partial charge is 0.331 e. The number of carbonyl (C=O) groups is 1. The van der Waals surface area contributed by atoms with Gasteiger partial charge in [-0.25, -0.2) is 19.4 Å². The number of hydrogen-bond acceptors (Lipinski definition) is 7. The Hall–Kier alpha value is -1.81. The van der Waals surface area contributed by atoms with Crippen LogP contribution in [0.4, 0.5) is 0 Å². The molecule has 0 amide bonds. The van der Waals surface area contributed by atoms with Gasteiger partial charge in [0.25, 0.3) is 0 Å². The molecule has 0 aromatic rings. The Morgan fingerprint density at radius 3 is 2.61 bits per heavy atom. The fraction of sp³-hybridized carbons (Fsp3) is 0.727. The van der Waals surface area contributed by atoms with Gasteiger partial charge in [-0.15, -0.1) is 0 Å². The summed E-state index contributed by atoms with van der Waals surface area (Å²) >= 11 is 0. The van der Waals surface area contributed by atoms with Crippen LogP contribution >= 0.6 is 0 Å². The maximum atomic E-state index is 11.5. The van der Waals surface area contributed by atoms with Crippen molar-refractivity contribution in [1.82, 2.24) is 0 Å². The minimum Gasteiger partial charge on any atom is -0.462 e. The van der Waals surface area contributed by atoms with Crippen molar-refractivity contribution in [2.75, 3.05) is 26.9 Å². The predicted octanol–water partition coefficient (Wildman–Crippen LogP) is 0.387. The summed E-state index contributed by atoms with van der Waals surface area (Å²) in [6.07, 6.45) is 4.34. The molecule has 0 aliphatic rings. The molecule has 0 fully saturated rings. The number of ether oxygens (including phenoxy) is 2. The van der Waals surface area contributed by atoms with Crippen LogP contribution in [0.25, 0.3) is 0 Å². The van der Waals surface area contributed by atoms with E-state index in [9.17, 15) is 14.4 Å². The van der Waals surface area contributed by atoms with Gasteiger partial charge in [-0.1, -0.05) is 0 Å². The number of isocyanates is 2. The quantitative estimate of drug-likeness (QED) is 0.244. The summed E-state index contributed by atoms with van der Waals surface area (Å²) in [7, 11) is 1.49. The van der Waals surface area contributed by atoms with E-state index >= 15 is 0 Å². The Bertz CT molecular complexity index is 332. The molecule has 0 spiro atoms. The third-order valence-corrected chi connectivity index (χ3v) is 2.07. The molecule has 0 aromatic carbocycles. The number of rotatable bonds is 10. The highest BCUT2D eigenvalue weighted by Crippen LogP contribution is 2.06. The number of hydrogen-bond donors (Lipinski definition) is 0. The predicted molar refractivity (Wildman–Crippen MR) is 61.6 cm³/mol. The van der Waals surface area contributed by atoms with Gasteiger partial charge in [0.15, 0.2) is 6.04 Å². The minimum absolute atomic E-state index is 0.121. The first-order valence-electron chi connectivity index (χ1n) is 5.52. The van der Waals surface area contributed by atoms with Gasteiger partial charge in [0, 0.05) is 7.11 Å². The van der Waals surface area contributed by atoms with Crippen LogP contribution in [0.2, 0.25) is 0 Å². The second-order valence-electron chi connectivity index (χ2n) is 3.37. The maximum Gasteiger partial charge on any atom is 0.331 e. The number of carbonyl (C=O) groups excluding carboxylic acids is 3. The zero-order valence-electron chi connectivity index (χ0n) is 10.3. The zero-order valence-corrected chi connectivity index (χ0v) is 10.3. The molecule has 0 aliphatic heterocycles. The van der Waals surface area contributed by atoms with Gasteiger partial charge in [-0.3, -0.25) is 0 Å². The number of unbranched alkanes of at least 4 members (excludes halogenated alkanes) is 1. The molecule has 0 N–H and O–H groups in total. The van der Waals surface area contributed by atoms with E-state index in [1.165, 1.54) is 19.3 Å². The van der Waals surface area contributed by atoms with Crippen molar-refractivity contribution in [3.05, 3.63) is 0 Å². The van der Waals surface area contributed by atoms with Gasteiger partial charge in [0.05, 0.1) is 13.2 Å². The van der Waals surface area contributed by atoms with Crippen LogP contribution in [-0.4, -0.2) is 51.0 Å². The first-order chi connectivity index (χ1) is 8.76. The molecule has 0 aliphatic carbocycles. The van der Waals surface area contributed by atoms with Crippen LogP contribution in [-0.2, 0) is 23.9 Å². The van der Waals surface area contributed by atoms with E-state index in [4.69, 9.17) is 9.47 Å². The Balaban J connectivity index is 4.00. The van der Waals surface area contributed by atoms with E-state index in [-0.39, 0.29) is 13.2 Å². The van der Waals surface area contributed by atoms with Gasteiger partial charge in [-0.05, 0) is 19.3 Å². The highest BCUT2D eigenvalue weighted by molar-refractivity contribution is 5.76. The largest absolute Gasteiger partial charge is 0.462 e. The summed E-state index contributed by atoms with van der Waals surface area (Å²) in [5.41, 5.74) is 0. The van der Waals surface area contributed by atoms with Crippen LogP contribution in [0.5, 0.6) is 0 Å². The summed E-state index contributed by atoms with van der Waals surface area (Å²) in [6.45, 7) is 0.757. The van der Waals surface area contributed by atoms with Crippen molar-refractivity contribution in [1.29, 1.82) is 0 Å². The van der Waals surface area contributed by atoms with Crippen molar-refractivity contribution in [3.8, 4) is 0 Å². The molecular weight excluding hydrogens is 240 g/mol. The van der Waals surface area contributed by atoms with Crippen LogP contribution < -0.4 is 0 Å². The van der Waals surface area contributed by atoms with Crippen LogP contribution in [0.1, 0.15) is 19.3 Å². The van der Waals surface area contributed by atoms with Crippen LogP contribution in [0.15, 0.2) is 9.98 Å². The Morgan fingerprint density at radius 2 is 2.00 bits per heavy atom. The second kappa shape index (κ2) is 11.7. The number of esters is 1. The number of methoxy groups -OCH3 is 1. The summed E-state index contributed by atoms with van der Waals surface area (Å²) in [6, 6.07) is -0.848. The van der Waals surface area contributed by atoms with Crippen molar-refractivity contribution in [2.45, 2.75) is 25.3 Å². The Morgan fingerprint density at radius 1 is 1.22 bits per heavy atom. The first-order valence-corrected chi connectivity index (χ1v) is 5.52. The fourth-order valence-electron chi connectivity index (χ4n) is 1.19. The third kappa shape index (κ3) is 8.35. The van der Waals surface area contributed by atoms with Gasteiger partial charge in [0.1, 0.15) is 6.61 Å². The first kappa shape index (κ1) is 16.2. The second-order valence-corrected chi connectivity index (χ2v) is 3.37. The van der Waals surface area contributed by atoms with Gasteiger partial charge in [-0.2, -0.15) is 4.99 Å². The van der Waals surface area contributed by atoms with E-state index in [1.807, 2.05) is 0 Å². The molecule has 0 heterocycles. The molecule has 100 valence electrons. The lowest BCUT2D eigenvalue weighted by Crippen LogP contribution is -2.23. The molecule has 1 atom stereocenters. The molecule has 7 heteroatoms. The summed E-state index contributed by atoms with van der Waals surface area (Å²) in [5, 5.41) is 0. The average Bonchev–Trinajstić information content (AvgIpc) is 2.37. The number of aliphatic imine (C=N–C) groups is 2. The molecule has 7 nitrogen and oxygen atoms in total. The minimum atomic E-state index is -0.848. The number of nitrogens with zero attached hydrogens (tertiary/aromatic N) is 2. The van der Waals surface area contributed by atoms with Gasteiger partial charge in [0.2, 0.25) is 12.2 Å². The SMILES string of the molecule is COCCOC(=O)C(CCCCN=C=O)N=C=O. The van der Waals surface area contributed by atoms with Gasteiger partial charge >= 0.3 is 5.97 Å². The highest BCUT2D eigenvalue weighted by atomic mass is 16.6. The average molecular weight is 256 g/mol. The molecule has 0 rings (SSSR count). The molecule has 18 heavy (non-hydrogen) atoms. The lowest BCUT2D eigenvalue weighted by atomic mass is 10.1. The molecule has 1 unspecified atom stereocenters. The van der Waals surface area contributed by atoms with E-state index in [2.05, 4.69) is 9.98 Å². The molecular formula is C11H16N2O5. The van der Waals surface area contributed by atoms with E-state index < -0.39 is 12.0 Å². The van der Waals surface area contributed by atoms with Gasteiger partial charge < -0.3 is 9.47 Å². The summed E-state index contributed by atoms with van der Waals surface area (Å²) < 4.78 is 9.58. The monoisotopic (exact) mass is 256 g/mol. The van der Waals surface area contributed by atoms with E-state index in [1.54, 1.807) is 0 Å². The molecule has 0 saturated carbocycles. The van der Waals surface area contributed by atoms with Crippen molar-refractivity contribution in [3.63, 3.8) is 0 Å². The molecule has 0 aromatic heterocycles. The van der Waals surface area contributed by atoms with Crippen molar-refractivity contribution < 1.29 is 23.9 Å². The van der Waals surface area contributed by atoms with Crippen LogP contribution in [0.3, 0.4) is 0 Å². The topological polar surface area (TPSA) is 94.4 Å². The fourth-order valence-corrected chi connectivity index (χ4v) is 1.19.